The Balaban J connectivity index is 2.05. The number of unbranched alkanes of at least 4 members (excludes halogenated alkanes) is 3. The van der Waals surface area contributed by atoms with Crippen LogP contribution in [0, 0.1) is 0 Å². The molecule has 0 amide bonds. The van der Waals surface area contributed by atoms with Crippen molar-refractivity contribution in [1.29, 1.82) is 0 Å². The van der Waals surface area contributed by atoms with Crippen LogP contribution in [0.5, 0.6) is 0 Å². The van der Waals surface area contributed by atoms with Crippen LogP contribution in [0.25, 0.3) is 0 Å². The highest BCUT2D eigenvalue weighted by Gasteiger charge is 2.07. The van der Waals surface area contributed by atoms with E-state index in [1.807, 2.05) is 6.07 Å². The molecule has 1 rings (SSSR count). The quantitative estimate of drug-likeness (QED) is 0.396. The van der Waals surface area contributed by atoms with E-state index >= 15 is 0 Å². The van der Waals surface area contributed by atoms with Crippen molar-refractivity contribution in [2.24, 2.45) is 0 Å². The lowest BCUT2D eigenvalue weighted by molar-refractivity contribution is -0.481. The molecule has 17 heavy (non-hydrogen) atoms. The smallest absolute Gasteiger partial charge is 0.263 e. The van der Waals surface area contributed by atoms with Crippen molar-refractivity contribution in [2.45, 2.75) is 32.6 Å². The lowest BCUT2D eigenvalue weighted by Gasteiger charge is -2.02. The Labute approximate surface area is 101 Å². The third-order valence-corrected chi connectivity index (χ3v) is 2.25. The second-order valence-corrected chi connectivity index (χ2v) is 3.69. The zero-order chi connectivity index (χ0) is 12.3. The topological polar surface area (TPSA) is 44.8 Å². The SMILES string of the molecule is CCCCCCOOOC(=O)c1ccccc1. The fourth-order valence-corrected chi connectivity index (χ4v) is 1.30. The summed E-state index contributed by atoms with van der Waals surface area (Å²) in [7, 11) is 0. The van der Waals surface area contributed by atoms with E-state index in [4.69, 9.17) is 4.89 Å². The molecule has 1 aromatic rings. The Morgan fingerprint density at radius 3 is 2.59 bits per heavy atom. The van der Waals surface area contributed by atoms with Crippen LogP contribution in [0.4, 0.5) is 0 Å². The molecular weight excluding hydrogens is 220 g/mol. The van der Waals surface area contributed by atoms with E-state index in [-0.39, 0.29) is 0 Å². The van der Waals surface area contributed by atoms with Crippen LogP contribution < -0.4 is 0 Å². The van der Waals surface area contributed by atoms with Gasteiger partial charge in [-0.25, -0.2) is 4.79 Å². The van der Waals surface area contributed by atoms with E-state index in [0.29, 0.717) is 12.2 Å². The van der Waals surface area contributed by atoms with Gasteiger partial charge in [0.15, 0.2) is 0 Å². The maximum Gasteiger partial charge on any atom is 0.376 e. The second kappa shape index (κ2) is 8.73. The molecule has 0 radical (unpaired) electrons. The third-order valence-electron chi connectivity index (χ3n) is 2.25. The maximum atomic E-state index is 11.4. The summed E-state index contributed by atoms with van der Waals surface area (Å²) in [6.07, 6.45) is 4.33. The lowest BCUT2D eigenvalue weighted by Crippen LogP contribution is -2.07. The molecule has 0 unspecified atom stereocenters. The van der Waals surface area contributed by atoms with Gasteiger partial charge in [0.2, 0.25) is 0 Å². The van der Waals surface area contributed by atoms with Gasteiger partial charge in [-0.3, -0.25) is 4.89 Å². The second-order valence-electron chi connectivity index (χ2n) is 3.69. The molecule has 4 heteroatoms. The Morgan fingerprint density at radius 2 is 1.88 bits per heavy atom. The highest BCUT2D eigenvalue weighted by atomic mass is 17.5. The fraction of sp³-hybridized carbons (Fsp3) is 0.462. The van der Waals surface area contributed by atoms with Crippen molar-refractivity contribution in [3.8, 4) is 0 Å². The van der Waals surface area contributed by atoms with Gasteiger partial charge in [-0.15, -0.1) is 0 Å². The van der Waals surface area contributed by atoms with Crippen LogP contribution in [0.3, 0.4) is 0 Å². The number of carbonyl (C=O) groups excluding carboxylic acids is 1. The van der Waals surface area contributed by atoms with Gasteiger partial charge in [-0.1, -0.05) is 44.4 Å². The predicted molar refractivity (Wildman–Crippen MR) is 63.0 cm³/mol. The molecule has 0 aromatic heterocycles. The largest absolute Gasteiger partial charge is 0.376 e. The Hall–Kier alpha value is -1.39. The summed E-state index contributed by atoms with van der Waals surface area (Å²) in [6.45, 7) is 2.57. The number of rotatable bonds is 8. The zero-order valence-electron chi connectivity index (χ0n) is 10.1. The first-order valence-electron chi connectivity index (χ1n) is 5.90. The molecule has 94 valence electrons. The summed E-state index contributed by atoms with van der Waals surface area (Å²) in [5.41, 5.74) is 0.432. The summed E-state index contributed by atoms with van der Waals surface area (Å²) in [5.74, 6) is -0.556. The van der Waals surface area contributed by atoms with E-state index in [1.54, 1.807) is 24.3 Å². The number of hydrogen-bond acceptors (Lipinski definition) is 4. The monoisotopic (exact) mass is 238 g/mol. The van der Waals surface area contributed by atoms with Gasteiger partial charge in [-0.2, -0.15) is 4.89 Å². The predicted octanol–water partition coefficient (Wildman–Crippen LogP) is 3.29. The minimum Gasteiger partial charge on any atom is -0.263 e. The summed E-state index contributed by atoms with van der Waals surface area (Å²) in [6, 6.07) is 8.62. The summed E-state index contributed by atoms with van der Waals surface area (Å²) in [5, 5.41) is 4.38. The molecule has 0 heterocycles. The number of carbonyl (C=O) groups is 1. The fourth-order valence-electron chi connectivity index (χ4n) is 1.30. The van der Waals surface area contributed by atoms with Crippen LogP contribution in [-0.2, 0) is 14.8 Å². The molecule has 4 nitrogen and oxygen atoms in total. The average molecular weight is 238 g/mol. The molecule has 1 aromatic carbocycles. The molecule has 0 bridgehead atoms. The van der Waals surface area contributed by atoms with Crippen LogP contribution in [-0.4, -0.2) is 12.6 Å². The molecule has 0 aliphatic rings. The molecule has 0 spiro atoms. The normalized spacial score (nSPS) is 10.2. The highest BCUT2D eigenvalue weighted by Crippen LogP contribution is 2.02. The molecule has 0 atom stereocenters. The summed E-state index contributed by atoms with van der Waals surface area (Å²) >= 11 is 0. The van der Waals surface area contributed by atoms with Gasteiger partial charge in [0, 0.05) is 0 Å². The standard InChI is InChI=1S/C13H18O4/c1-2-3-4-8-11-15-17-16-13(14)12-9-6-5-7-10-12/h5-7,9-10H,2-4,8,11H2,1H3. The number of hydrogen-bond donors (Lipinski definition) is 0. The van der Waals surface area contributed by atoms with Crippen LogP contribution >= 0.6 is 0 Å². The van der Waals surface area contributed by atoms with Crippen molar-refractivity contribution in [2.75, 3.05) is 6.61 Å². The van der Waals surface area contributed by atoms with Crippen LogP contribution in [0.15, 0.2) is 30.3 Å². The van der Waals surface area contributed by atoms with Gasteiger partial charge in [0.25, 0.3) is 0 Å². The van der Waals surface area contributed by atoms with E-state index < -0.39 is 5.97 Å². The van der Waals surface area contributed by atoms with Crippen molar-refractivity contribution >= 4 is 5.97 Å². The van der Waals surface area contributed by atoms with Crippen molar-refractivity contribution in [1.82, 2.24) is 0 Å². The lowest BCUT2D eigenvalue weighted by atomic mass is 10.2. The minimum absolute atomic E-state index is 0.432. The van der Waals surface area contributed by atoms with Gasteiger partial charge < -0.3 is 0 Å². The third kappa shape index (κ3) is 6.04. The van der Waals surface area contributed by atoms with E-state index in [9.17, 15) is 4.79 Å². The zero-order valence-corrected chi connectivity index (χ0v) is 10.1. The average Bonchev–Trinajstić information content (AvgIpc) is 2.38. The van der Waals surface area contributed by atoms with Gasteiger partial charge in [-0.05, 0) is 23.6 Å². The molecular formula is C13H18O4. The Kier molecular flexibility index (Phi) is 7.02. The van der Waals surface area contributed by atoms with Crippen LogP contribution in [0.2, 0.25) is 0 Å². The van der Waals surface area contributed by atoms with Crippen molar-refractivity contribution in [3.05, 3.63) is 35.9 Å². The van der Waals surface area contributed by atoms with Crippen molar-refractivity contribution in [3.63, 3.8) is 0 Å². The Bertz CT molecular complexity index is 310. The first kappa shape index (κ1) is 13.7. The highest BCUT2D eigenvalue weighted by molar-refractivity contribution is 5.88. The maximum absolute atomic E-state index is 11.4. The molecule has 0 N–H and O–H groups in total. The molecule has 0 saturated heterocycles. The van der Waals surface area contributed by atoms with Crippen LogP contribution in [0.1, 0.15) is 43.0 Å². The molecule has 0 aliphatic carbocycles. The molecule has 0 fully saturated rings. The van der Waals surface area contributed by atoms with Gasteiger partial charge >= 0.3 is 5.97 Å². The van der Waals surface area contributed by atoms with E-state index in [1.165, 1.54) is 12.8 Å². The van der Waals surface area contributed by atoms with E-state index in [0.717, 1.165) is 12.8 Å². The first-order chi connectivity index (χ1) is 8.34. The van der Waals surface area contributed by atoms with Gasteiger partial charge in [0.1, 0.15) is 0 Å². The van der Waals surface area contributed by atoms with E-state index in [2.05, 4.69) is 16.8 Å². The number of benzene rings is 1. The minimum atomic E-state index is -0.556. The molecule has 0 saturated carbocycles. The first-order valence-corrected chi connectivity index (χ1v) is 5.90. The van der Waals surface area contributed by atoms with Gasteiger partial charge in [0.05, 0.1) is 12.2 Å². The summed E-state index contributed by atoms with van der Waals surface area (Å²) < 4.78 is 0. The Morgan fingerprint density at radius 1 is 1.12 bits per heavy atom. The summed E-state index contributed by atoms with van der Waals surface area (Å²) in [4.78, 5) is 20.6. The molecule has 0 aliphatic heterocycles. The van der Waals surface area contributed by atoms with Crippen molar-refractivity contribution < 1.29 is 19.6 Å².